The Kier molecular flexibility index (Phi) is 7.25. The van der Waals surface area contributed by atoms with E-state index in [9.17, 15) is 0 Å². The van der Waals surface area contributed by atoms with Crippen LogP contribution in [0, 0.1) is 5.41 Å². The molecule has 1 aromatic rings. The predicted octanol–water partition coefficient (Wildman–Crippen LogP) is 1.12. The molecule has 0 radical (unpaired) electrons. The van der Waals surface area contributed by atoms with Crippen molar-refractivity contribution in [2.24, 2.45) is 5.73 Å². The van der Waals surface area contributed by atoms with Crippen LogP contribution in [0.3, 0.4) is 0 Å². The molecule has 0 bridgehead atoms. The Balaban J connectivity index is 0.00000256. The molecular formula is C11H19ClN4O. The van der Waals surface area contributed by atoms with E-state index in [-0.39, 0.29) is 18.2 Å². The second kappa shape index (κ2) is 7.86. The van der Waals surface area contributed by atoms with E-state index in [2.05, 4.69) is 9.88 Å². The van der Waals surface area contributed by atoms with Crippen molar-refractivity contribution in [1.29, 1.82) is 5.41 Å². The van der Waals surface area contributed by atoms with Gasteiger partial charge in [0, 0.05) is 12.7 Å². The monoisotopic (exact) mass is 258 g/mol. The molecule has 0 aliphatic heterocycles. The van der Waals surface area contributed by atoms with E-state index in [1.165, 1.54) is 0 Å². The molecule has 0 amide bonds. The number of nitrogens with two attached hydrogens (primary N) is 1. The molecule has 5 nitrogen and oxygen atoms in total. The Hall–Kier alpha value is -1.33. The maximum atomic E-state index is 7.37. The third-order valence-electron chi connectivity index (χ3n) is 2.05. The van der Waals surface area contributed by atoms with Crippen molar-refractivity contribution in [3.05, 3.63) is 23.9 Å². The van der Waals surface area contributed by atoms with Crippen LogP contribution in [-0.4, -0.2) is 43.0 Å². The molecule has 1 aromatic heterocycles. The molecule has 0 aliphatic carbocycles. The molecule has 0 saturated carbocycles. The van der Waals surface area contributed by atoms with Crippen molar-refractivity contribution >= 4 is 18.2 Å². The highest BCUT2D eigenvalue weighted by atomic mass is 35.5. The molecular weight excluding hydrogens is 240 g/mol. The van der Waals surface area contributed by atoms with Crippen LogP contribution in [0.4, 0.5) is 0 Å². The SMILES string of the molecule is CN(C)CCCOc1ncccc1C(=N)N.Cl. The predicted molar refractivity (Wildman–Crippen MR) is 71.2 cm³/mol. The summed E-state index contributed by atoms with van der Waals surface area (Å²) in [6.45, 7) is 1.54. The third kappa shape index (κ3) is 5.51. The number of hydrogen-bond acceptors (Lipinski definition) is 4. The van der Waals surface area contributed by atoms with Crippen molar-refractivity contribution in [3.8, 4) is 5.88 Å². The van der Waals surface area contributed by atoms with E-state index in [0.29, 0.717) is 18.1 Å². The third-order valence-corrected chi connectivity index (χ3v) is 2.05. The Morgan fingerprint density at radius 1 is 1.53 bits per heavy atom. The average Bonchev–Trinajstić information content (AvgIpc) is 2.24. The number of ether oxygens (including phenoxy) is 1. The Morgan fingerprint density at radius 2 is 2.24 bits per heavy atom. The first-order valence-corrected chi connectivity index (χ1v) is 5.18. The summed E-state index contributed by atoms with van der Waals surface area (Å²) >= 11 is 0. The molecule has 6 heteroatoms. The van der Waals surface area contributed by atoms with Gasteiger partial charge in [-0.3, -0.25) is 5.41 Å². The number of aromatic nitrogens is 1. The van der Waals surface area contributed by atoms with Crippen molar-refractivity contribution < 1.29 is 4.74 Å². The van der Waals surface area contributed by atoms with Gasteiger partial charge in [-0.15, -0.1) is 12.4 Å². The molecule has 0 unspecified atom stereocenters. The number of nitrogens with one attached hydrogen (secondary N) is 1. The molecule has 0 fully saturated rings. The van der Waals surface area contributed by atoms with Crippen molar-refractivity contribution in [3.63, 3.8) is 0 Å². The summed E-state index contributed by atoms with van der Waals surface area (Å²) in [5.74, 6) is 0.421. The fourth-order valence-corrected chi connectivity index (χ4v) is 1.26. The largest absolute Gasteiger partial charge is 0.477 e. The van der Waals surface area contributed by atoms with Gasteiger partial charge in [0.05, 0.1) is 12.2 Å². The van der Waals surface area contributed by atoms with Crippen LogP contribution in [0.15, 0.2) is 18.3 Å². The van der Waals surface area contributed by atoms with E-state index in [1.54, 1.807) is 18.3 Å². The van der Waals surface area contributed by atoms with Crippen LogP contribution in [0.2, 0.25) is 0 Å². The molecule has 17 heavy (non-hydrogen) atoms. The van der Waals surface area contributed by atoms with Gasteiger partial charge >= 0.3 is 0 Å². The summed E-state index contributed by atoms with van der Waals surface area (Å²) in [4.78, 5) is 6.15. The standard InChI is InChI=1S/C11H18N4O.ClH/c1-15(2)7-4-8-16-11-9(10(12)13)5-3-6-14-11;/h3,5-6H,4,7-8H2,1-2H3,(H3,12,13);1H. The smallest absolute Gasteiger partial charge is 0.224 e. The number of pyridine rings is 1. The van der Waals surface area contributed by atoms with E-state index >= 15 is 0 Å². The number of halogens is 1. The van der Waals surface area contributed by atoms with Crippen LogP contribution < -0.4 is 10.5 Å². The van der Waals surface area contributed by atoms with Gasteiger partial charge in [0.2, 0.25) is 5.88 Å². The molecule has 0 aromatic carbocycles. The fraction of sp³-hybridized carbons (Fsp3) is 0.455. The minimum Gasteiger partial charge on any atom is -0.477 e. The number of nitrogens with zero attached hydrogens (tertiary/aromatic N) is 2. The molecule has 1 rings (SSSR count). The second-order valence-corrected chi connectivity index (χ2v) is 3.78. The molecule has 1 heterocycles. The van der Waals surface area contributed by atoms with Gasteiger partial charge in [0.1, 0.15) is 5.84 Å². The second-order valence-electron chi connectivity index (χ2n) is 3.78. The number of hydrogen-bond donors (Lipinski definition) is 2. The Bertz CT molecular complexity index is 357. The summed E-state index contributed by atoms with van der Waals surface area (Å²) in [6, 6.07) is 3.47. The fourth-order valence-electron chi connectivity index (χ4n) is 1.26. The maximum absolute atomic E-state index is 7.37. The zero-order valence-corrected chi connectivity index (χ0v) is 11.0. The van der Waals surface area contributed by atoms with Crippen LogP contribution >= 0.6 is 12.4 Å². The van der Waals surface area contributed by atoms with Gasteiger partial charge in [-0.25, -0.2) is 4.98 Å². The molecule has 0 spiro atoms. The lowest BCUT2D eigenvalue weighted by Gasteiger charge is -2.11. The molecule has 0 aliphatic rings. The van der Waals surface area contributed by atoms with E-state index in [0.717, 1.165) is 13.0 Å². The van der Waals surface area contributed by atoms with Gasteiger partial charge in [-0.1, -0.05) is 0 Å². The summed E-state index contributed by atoms with van der Waals surface area (Å²) in [7, 11) is 4.03. The number of nitrogen functional groups attached to an aromatic ring is 1. The molecule has 3 N–H and O–H groups in total. The van der Waals surface area contributed by atoms with Gasteiger partial charge in [-0.2, -0.15) is 0 Å². The van der Waals surface area contributed by atoms with Crippen LogP contribution in [0.25, 0.3) is 0 Å². The first kappa shape index (κ1) is 15.7. The van der Waals surface area contributed by atoms with E-state index < -0.39 is 0 Å². The first-order chi connectivity index (χ1) is 7.61. The molecule has 0 saturated heterocycles. The average molecular weight is 259 g/mol. The van der Waals surface area contributed by atoms with Gasteiger partial charge in [0.25, 0.3) is 0 Å². The van der Waals surface area contributed by atoms with Crippen LogP contribution in [0.5, 0.6) is 5.88 Å². The summed E-state index contributed by atoms with van der Waals surface area (Å²) in [5.41, 5.74) is 5.97. The highest BCUT2D eigenvalue weighted by Gasteiger charge is 2.06. The van der Waals surface area contributed by atoms with E-state index in [1.807, 2.05) is 14.1 Å². The number of rotatable bonds is 6. The first-order valence-electron chi connectivity index (χ1n) is 5.18. The lowest BCUT2D eigenvalue weighted by atomic mass is 10.2. The lowest BCUT2D eigenvalue weighted by Crippen LogP contribution is -2.17. The van der Waals surface area contributed by atoms with Crippen molar-refractivity contribution in [2.75, 3.05) is 27.2 Å². The molecule has 96 valence electrons. The lowest BCUT2D eigenvalue weighted by molar-refractivity contribution is 0.273. The quantitative estimate of drug-likeness (QED) is 0.456. The zero-order valence-electron chi connectivity index (χ0n) is 10.1. The van der Waals surface area contributed by atoms with Crippen LogP contribution in [-0.2, 0) is 0 Å². The van der Waals surface area contributed by atoms with E-state index in [4.69, 9.17) is 15.9 Å². The highest BCUT2D eigenvalue weighted by Crippen LogP contribution is 2.13. The number of amidine groups is 1. The summed E-state index contributed by atoms with van der Waals surface area (Å²) in [6.07, 6.45) is 2.55. The highest BCUT2D eigenvalue weighted by molar-refractivity contribution is 5.96. The molecule has 0 atom stereocenters. The summed E-state index contributed by atoms with van der Waals surface area (Å²) < 4.78 is 5.49. The maximum Gasteiger partial charge on any atom is 0.224 e. The van der Waals surface area contributed by atoms with Gasteiger partial charge in [-0.05, 0) is 32.6 Å². The van der Waals surface area contributed by atoms with Gasteiger partial charge in [0.15, 0.2) is 0 Å². The van der Waals surface area contributed by atoms with Crippen molar-refractivity contribution in [1.82, 2.24) is 9.88 Å². The Morgan fingerprint density at radius 3 is 2.82 bits per heavy atom. The normalized spacial score (nSPS) is 9.82. The van der Waals surface area contributed by atoms with Crippen molar-refractivity contribution in [2.45, 2.75) is 6.42 Å². The topological polar surface area (TPSA) is 75.2 Å². The van der Waals surface area contributed by atoms with Gasteiger partial charge < -0.3 is 15.4 Å². The van der Waals surface area contributed by atoms with Crippen LogP contribution in [0.1, 0.15) is 12.0 Å². The zero-order chi connectivity index (χ0) is 12.0. The minimum atomic E-state index is -0.0179. The Labute approximate surface area is 108 Å². The minimum absolute atomic E-state index is 0. The summed E-state index contributed by atoms with van der Waals surface area (Å²) in [5, 5.41) is 7.37.